The number of halogens is 1. The number of fused-ring (bicyclic) bond motifs is 1. The number of hydrogen-bond donors (Lipinski definition) is 2. The molecule has 0 radical (unpaired) electrons. The molecule has 0 saturated heterocycles. The zero-order valence-corrected chi connectivity index (χ0v) is 13.2. The molecule has 1 aliphatic rings. The number of nitrogens with zero attached hydrogens (tertiary/aromatic N) is 3. The Labute approximate surface area is 142 Å². The molecule has 1 aliphatic heterocycles. The first-order valence-corrected chi connectivity index (χ1v) is 7.83. The zero-order valence-electron chi connectivity index (χ0n) is 13.2. The van der Waals surface area contributed by atoms with Crippen LogP contribution in [0.15, 0.2) is 35.0 Å². The molecule has 3 aromatic rings. The maximum atomic E-state index is 13.5. The van der Waals surface area contributed by atoms with Gasteiger partial charge in [-0.15, -0.1) is 0 Å². The van der Waals surface area contributed by atoms with Gasteiger partial charge in [-0.1, -0.05) is 17.3 Å². The van der Waals surface area contributed by atoms with E-state index in [0.717, 1.165) is 17.9 Å². The summed E-state index contributed by atoms with van der Waals surface area (Å²) in [6.07, 6.45) is 2.19. The Balaban J connectivity index is 1.60. The van der Waals surface area contributed by atoms with E-state index < -0.39 is 5.97 Å². The van der Waals surface area contributed by atoms with Crippen LogP contribution >= 0.6 is 0 Å². The van der Waals surface area contributed by atoms with Crippen LogP contribution in [-0.2, 0) is 19.5 Å². The fraction of sp³-hybridized carbons (Fsp3) is 0.235. The molecule has 1 aromatic carbocycles. The summed E-state index contributed by atoms with van der Waals surface area (Å²) in [5, 5.41) is 19.6. The van der Waals surface area contributed by atoms with Crippen LogP contribution in [0.25, 0.3) is 11.3 Å². The number of carbonyl (C=O) groups is 1. The van der Waals surface area contributed by atoms with Crippen molar-refractivity contribution < 1.29 is 18.8 Å². The third kappa shape index (κ3) is 2.91. The quantitative estimate of drug-likeness (QED) is 0.756. The monoisotopic (exact) mass is 342 g/mol. The van der Waals surface area contributed by atoms with Gasteiger partial charge in [0.25, 0.3) is 0 Å². The minimum Gasteiger partial charge on any atom is -0.477 e. The summed E-state index contributed by atoms with van der Waals surface area (Å²) in [6, 6.07) is 6.24. The first-order chi connectivity index (χ1) is 12.1. The van der Waals surface area contributed by atoms with Gasteiger partial charge in [-0.2, -0.15) is 5.10 Å². The van der Waals surface area contributed by atoms with Crippen LogP contribution in [0.4, 0.5) is 4.39 Å². The van der Waals surface area contributed by atoms with E-state index in [-0.39, 0.29) is 11.5 Å². The van der Waals surface area contributed by atoms with Gasteiger partial charge in [-0.3, -0.25) is 10.00 Å². The lowest BCUT2D eigenvalue weighted by Crippen LogP contribution is -2.30. The summed E-state index contributed by atoms with van der Waals surface area (Å²) >= 11 is 0. The fourth-order valence-electron chi connectivity index (χ4n) is 3.12. The summed E-state index contributed by atoms with van der Waals surface area (Å²) in [5.74, 6) is -0.566. The van der Waals surface area contributed by atoms with E-state index in [4.69, 9.17) is 4.52 Å². The number of aromatic nitrogens is 3. The molecule has 0 amide bonds. The maximum absolute atomic E-state index is 13.5. The zero-order chi connectivity index (χ0) is 17.4. The van der Waals surface area contributed by atoms with Crippen molar-refractivity contribution in [3.63, 3.8) is 0 Å². The highest BCUT2D eigenvalue weighted by Gasteiger charge is 2.26. The largest absolute Gasteiger partial charge is 0.477 e. The predicted molar refractivity (Wildman–Crippen MR) is 85.3 cm³/mol. The first-order valence-electron chi connectivity index (χ1n) is 7.83. The minimum atomic E-state index is -1.03. The van der Waals surface area contributed by atoms with Crippen molar-refractivity contribution in [2.75, 3.05) is 6.54 Å². The van der Waals surface area contributed by atoms with Gasteiger partial charge in [-0.05, 0) is 12.1 Å². The van der Waals surface area contributed by atoms with E-state index in [9.17, 15) is 14.3 Å². The van der Waals surface area contributed by atoms with E-state index in [0.29, 0.717) is 36.3 Å². The Morgan fingerprint density at radius 3 is 3.12 bits per heavy atom. The summed E-state index contributed by atoms with van der Waals surface area (Å²) < 4.78 is 18.9. The molecule has 25 heavy (non-hydrogen) atoms. The van der Waals surface area contributed by atoms with Gasteiger partial charge in [-0.25, -0.2) is 9.18 Å². The Morgan fingerprint density at radius 1 is 1.44 bits per heavy atom. The van der Waals surface area contributed by atoms with E-state index in [2.05, 4.69) is 20.3 Å². The summed E-state index contributed by atoms with van der Waals surface area (Å²) in [7, 11) is 0. The van der Waals surface area contributed by atoms with Crippen molar-refractivity contribution in [1.82, 2.24) is 20.3 Å². The number of aromatic carboxylic acids is 1. The van der Waals surface area contributed by atoms with Gasteiger partial charge in [0, 0.05) is 42.7 Å². The lowest BCUT2D eigenvalue weighted by Gasteiger charge is -2.25. The van der Waals surface area contributed by atoms with Crippen LogP contribution in [0, 0.1) is 5.82 Å². The van der Waals surface area contributed by atoms with E-state index in [1.807, 2.05) is 0 Å². The molecule has 7 nitrogen and oxygen atoms in total. The van der Waals surface area contributed by atoms with Crippen molar-refractivity contribution in [3.8, 4) is 11.3 Å². The van der Waals surface area contributed by atoms with Crippen LogP contribution in [0.3, 0.4) is 0 Å². The van der Waals surface area contributed by atoms with E-state index >= 15 is 0 Å². The highest BCUT2D eigenvalue weighted by atomic mass is 19.1. The summed E-state index contributed by atoms with van der Waals surface area (Å²) in [4.78, 5) is 13.3. The number of hydrogen-bond acceptors (Lipinski definition) is 5. The molecule has 0 aliphatic carbocycles. The molecule has 0 atom stereocenters. The molecule has 2 aromatic heterocycles. The van der Waals surface area contributed by atoms with Gasteiger partial charge < -0.3 is 9.63 Å². The average Bonchev–Trinajstić information content (AvgIpc) is 3.21. The second kappa shape index (κ2) is 6.14. The SMILES string of the molecule is O=C(O)c1[nH]ncc1CN1CCc2onc(-c3cccc(F)c3)c2C1. The van der Waals surface area contributed by atoms with Crippen LogP contribution in [0.1, 0.15) is 27.4 Å². The van der Waals surface area contributed by atoms with Gasteiger partial charge in [0.2, 0.25) is 0 Å². The van der Waals surface area contributed by atoms with Crippen LogP contribution in [-0.4, -0.2) is 37.9 Å². The third-order valence-corrected chi connectivity index (χ3v) is 4.33. The van der Waals surface area contributed by atoms with Crippen molar-refractivity contribution in [2.45, 2.75) is 19.5 Å². The van der Waals surface area contributed by atoms with Crippen LogP contribution in [0.5, 0.6) is 0 Å². The number of benzene rings is 1. The first kappa shape index (κ1) is 15.5. The molecule has 0 spiro atoms. The van der Waals surface area contributed by atoms with E-state index in [1.54, 1.807) is 12.1 Å². The molecule has 2 N–H and O–H groups in total. The summed E-state index contributed by atoms with van der Waals surface area (Å²) in [6.45, 7) is 1.72. The van der Waals surface area contributed by atoms with Gasteiger partial charge in [0.05, 0.1) is 6.20 Å². The Hall–Kier alpha value is -3.00. The van der Waals surface area contributed by atoms with Crippen molar-refractivity contribution >= 4 is 5.97 Å². The second-order valence-electron chi connectivity index (χ2n) is 5.98. The number of nitrogens with one attached hydrogen (secondary N) is 1. The molecule has 128 valence electrons. The van der Waals surface area contributed by atoms with Gasteiger partial charge in [0.1, 0.15) is 23.0 Å². The molecule has 3 heterocycles. The Morgan fingerprint density at radius 2 is 2.32 bits per heavy atom. The molecular weight excluding hydrogens is 327 g/mol. The second-order valence-corrected chi connectivity index (χ2v) is 5.98. The number of carboxylic acid groups (broad SMARTS) is 1. The average molecular weight is 342 g/mol. The number of carboxylic acids is 1. The Bertz CT molecular complexity index is 934. The molecule has 0 fully saturated rings. The highest BCUT2D eigenvalue weighted by Crippen LogP contribution is 2.30. The van der Waals surface area contributed by atoms with Crippen molar-refractivity contribution in [1.29, 1.82) is 0 Å². The number of aromatic amines is 1. The lowest BCUT2D eigenvalue weighted by molar-refractivity contribution is 0.0687. The number of H-pyrrole nitrogens is 1. The van der Waals surface area contributed by atoms with E-state index in [1.165, 1.54) is 18.3 Å². The molecule has 0 bridgehead atoms. The molecular formula is C17H15FN4O3. The van der Waals surface area contributed by atoms with Crippen molar-refractivity contribution in [3.05, 3.63) is 58.9 Å². The van der Waals surface area contributed by atoms with Gasteiger partial charge in [0.15, 0.2) is 0 Å². The normalized spacial score (nSPS) is 14.4. The number of rotatable bonds is 4. The smallest absolute Gasteiger partial charge is 0.354 e. The maximum Gasteiger partial charge on any atom is 0.354 e. The molecule has 4 rings (SSSR count). The Kier molecular flexibility index (Phi) is 3.81. The summed E-state index contributed by atoms with van der Waals surface area (Å²) in [5.41, 5.74) is 2.93. The predicted octanol–water partition coefficient (Wildman–Crippen LogP) is 2.46. The molecule has 0 unspecified atom stereocenters. The van der Waals surface area contributed by atoms with Crippen LogP contribution < -0.4 is 0 Å². The lowest BCUT2D eigenvalue weighted by atomic mass is 10.0. The van der Waals surface area contributed by atoms with Crippen LogP contribution in [0.2, 0.25) is 0 Å². The molecule has 8 heteroatoms. The third-order valence-electron chi connectivity index (χ3n) is 4.33. The fourth-order valence-corrected chi connectivity index (χ4v) is 3.12. The minimum absolute atomic E-state index is 0.0986. The highest BCUT2D eigenvalue weighted by molar-refractivity contribution is 5.86. The van der Waals surface area contributed by atoms with Gasteiger partial charge >= 0.3 is 5.97 Å². The standard InChI is InChI=1S/C17H15FN4O3/c18-12-3-1-2-10(6-12)15-13-9-22(5-4-14(13)25-21-15)8-11-7-19-20-16(11)17(23)24/h1-3,6-7H,4-5,8-9H2,(H,19,20)(H,23,24). The topological polar surface area (TPSA) is 95.2 Å². The van der Waals surface area contributed by atoms with Crippen molar-refractivity contribution in [2.24, 2.45) is 0 Å². The molecule has 0 saturated carbocycles.